The van der Waals surface area contributed by atoms with Crippen molar-refractivity contribution in [2.45, 2.75) is 70.1 Å². The molecule has 14 heteroatoms. The zero-order valence-corrected chi connectivity index (χ0v) is 21.2. The number of nitrogens with one attached hydrogen (secondary N) is 3. The van der Waals surface area contributed by atoms with Crippen LogP contribution in [0.3, 0.4) is 0 Å². The first kappa shape index (κ1) is 31.8. The lowest BCUT2D eigenvalue weighted by Gasteiger charge is -2.28. The van der Waals surface area contributed by atoms with Crippen molar-refractivity contribution in [1.82, 2.24) is 16.0 Å². The van der Waals surface area contributed by atoms with Crippen molar-refractivity contribution >= 4 is 35.6 Å². The van der Waals surface area contributed by atoms with E-state index in [1.807, 2.05) is 0 Å². The van der Waals surface area contributed by atoms with Gasteiger partial charge in [0.2, 0.25) is 23.6 Å². The summed E-state index contributed by atoms with van der Waals surface area (Å²) in [4.78, 5) is 72.3. The number of phenols is 1. The summed E-state index contributed by atoms with van der Waals surface area (Å²) in [5.41, 5.74) is 11.3. The summed E-state index contributed by atoms with van der Waals surface area (Å²) in [6, 6.07) is 0.387. The van der Waals surface area contributed by atoms with E-state index in [2.05, 4.69) is 16.0 Å². The molecule has 5 atom stereocenters. The number of amides is 4. The molecule has 1 rings (SSSR count). The molecule has 0 aliphatic rings. The summed E-state index contributed by atoms with van der Waals surface area (Å²) >= 11 is 0. The monoisotopic (exact) mass is 537 g/mol. The minimum absolute atomic E-state index is 0.0371. The van der Waals surface area contributed by atoms with E-state index < -0.39 is 72.1 Å². The van der Waals surface area contributed by atoms with Gasteiger partial charge in [0.05, 0.1) is 12.5 Å². The zero-order chi connectivity index (χ0) is 29.0. The lowest BCUT2D eigenvalue weighted by atomic mass is 9.96. The molecule has 210 valence electrons. The van der Waals surface area contributed by atoms with E-state index in [4.69, 9.17) is 16.6 Å². The van der Waals surface area contributed by atoms with Crippen LogP contribution in [0.2, 0.25) is 0 Å². The predicted molar refractivity (Wildman–Crippen MR) is 133 cm³/mol. The minimum atomic E-state index is -1.64. The third-order valence-corrected chi connectivity index (χ3v) is 5.83. The van der Waals surface area contributed by atoms with Crippen LogP contribution in [0.5, 0.6) is 5.75 Å². The van der Waals surface area contributed by atoms with Gasteiger partial charge in [-0.3, -0.25) is 24.0 Å². The van der Waals surface area contributed by atoms with Gasteiger partial charge in [-0.2, -0.15) is 0 Å². The van der Waals surface area contributed by atoms with Crippen LogP contribution in [0.1, 0.15) is 45.1 Å². The van der Waals surface area contributed by atoms with Crippen LogP contribution >= 0.6 is 0 Å². The molecular weight excluding hydrogens is 502 g/mol. The molecule has 0 radical (unpaired) electrons. The standard InChI is InChI=1S/C24H35N5O9/c1-3-12(2)20(29-21(34)15(25)8-9-19(32)33)23(36)27-16(10-13-4-6-14(30)7-5-13)22(35)28-17(24(37)38)11-18(26)31/h4-7,12,15-17,20,30H,3,8-11,25H2,1-2H3,(H2,26,31)(H,27,36)(H,28,35)(H,29,34)(H,32,33)(H,37,38). The molecule has 5 unspecified atom stereocenters. The van der Waals surface area contributed by atoms with Gasteiger partial charge in [0.25, 0.3) is 0 Å². The van der Waals surface area contributed by atoms with Crippen molar-refractivity contribution in [3.63, 3.8) is 0 Å². The Hall–Kier alpha value is -4.20. The van der Waals surface area contributed by atoms with Gasteiger partial charge in [-0.05, 0) is 30.0 Å². The van der Waals surface area contributed by atoms with Gasteiger partial charge in [-0.1, -0.05) is 32.4 Å². The summed E-state index contributed by atoms with van der Waals surface area (Å²) in [5, 5.41) is 34.9. The van der Waals surface area contributed by atoms with Gasteiger partial charge < -0.3 is 42.7 Å². The number of hydrogen-bond acceptors (Lipinski definition) is 8. The molecule has 0 aliphatic heterocycles. The molecule has 1 aromatic carbocycles. The van der Waals surface area contributed by atoms with Crippen LogP contribution in [0.4, 0.5) is 0 Å². The van der Waals surface area contributed by atoms with Crippen molar-refractivity contribution in [1.29, 1.82) is 0 Å². The molecular formula is C24H35N5O9. The van der Waals surface area contributed by atoms with Crippen molar-refractivity contribution < 1.29 is 44.1 Å². The van der Waals surface area contributed by atoms with E-state index in [0.29, 0.717) is 12.0 Å². The third kappa shape index (κ3) is 10.8. The third-order valence-electron chi connectivity index (χ3n) is 5.83. The predicted octanol–water partition coefficient (Wildman–Crippen LogP) is -1.41. The normalized spacial score (nSPS) is 14.7. The highest BCUT2D eigenvalue weighted by molar-refractivity contribution is 5.95. The number of hydrogen-bond donors (Lipinski definition) is 8. The number of carbonyl (C=O) groups excluding carboxylic acids is 4. The first-order valence-electron chi connectivity index (χ1n) is 11.9. The number of rotatable bonds is 16. The van der Waals surface area contributed by atoms with E-state index in [1.165, 1.54) is 24.3 Å². The van der Waals surface area contributed by atoms with Crippen LogP contribution in [-0.2, 0) is 35.2 Å². The van der Waals surface area contributed by atoms with Gasteiger partial charge in [-0.15, -0.1) is 0 Å². The number of nitrogens with two attached hydrogens (primary N) is 2. The van der Waals surface area contributed by atoms with E-state index >= 15 is 0 Å². The topological polar surface area (TPSA) is 251 Å². The molecule has 1 aromatic rings. The molecule has 38 heavy (non-hydrogen) atoms. The first-order chi connectivity index (χ1) is 17.7. The second-order valence-electron chi connectivity index (χ2n) is 8.91. The van der Waals surface area contributed by atoms with Gasteiger partial charge in [0.1, 0.15) is 23.9 Å². The van der Waals surface area contributed by atoms with Crippen LogP contribution in [0, 0.1) is 5.92 Å². The van der Waals surface area contributed by atoms with Crippen LogP contribution in [0.25, 0.3) is 0 Å². The number of primary amides is 1. The minimum Gasteiger partial charge on any atom is -0.508 e. The average molecular weight is 538 g/mol. The largest absolute Gasteiger partial charge is 0.508 e. The molecule has 0 heterocycles. The molecule has 0 aliphatic carbocycles. The fourth-order valence-corrected chi connectivity index (χ4v) is 3.38. The summed E-state index contributed by atoms with van der Waals surface area (Å²) in [5.74, 6) is -6.51. The van der Waals surface area contributed by atoms with Gasteiger partial charge in [0.15, 0.2) is 0 Å². The molecule has 0 bridgehead atoms. The number of phenolic OH excluding ortho intramolecular Hbond substituents is 1. The number of aromatic hydroxyl groups is 1. The Balaban J connectivity index is 3.17. The maximum Gasteiger partial charge on any atom is 0.326 e. The summed E-state index contributed by atoms with van der Waals surface area (Å²) in [6.07, 6.45) is -0.865. The summed E-state index contributed by atoms with van der Waals surface area (Å²) in [7, 11) is 0. The molecule has 0 fully saturated rings. The van der Waals surface area contributed by atoms with E-state index in [9.17, 15) is 39.0 Å². The second kappa shape index (κ2) is 15.1. The van der Waals surface area contributed by atoms with Crippen LogP contribution < -0.4 is 27.4 Å². The average Bonchev–Trinajstić information content (AvgIpc) is 2.84. The molecule has 0 aromatic heterocycles. The number of carboxylic acids is 2. The Kier molecular flexibility index (Phi) is 12.7. The number of carboxylic acid groups (broad SMARTS) is 2. The highest BCUT2D eigenvalue weighted by atomic mass is 16.4. The zero-order valence-electron chi connectivity index (χ0n) is 21.2. The summed E-state index contributed by atoms with van der Waals surface area (Å²) in [6.45, 7) is 3.44. The number of benzene rings is 1. The van der Waals surface area contributed by atoms with Crippen molar-refractivity contribution in [3.8, 4) is 5.75 Å². The fourth-order valence-electron chi connectivity index (χ4n) is 3.38. The van der Waals surface area contributed by atoms with Gasteiger partial charge in [-0.25, -0.2) is 4.79 Å². The maximum absolute atomic E-state index is 13.3. The quantitative estimate of drug-likeness (QED) is 0.122. The number of aliphatic carboxylic acids is 2. The van der Waals surface area contributed by atoms with Gasteiger partial charge in [0, 0.05) is 12.8 Å². The first-order valence-corrected chi connectivity index (χ1v) is 11.9. The Bertz CT molecular complexity index is 1020. The van der Waals surface area contributed by atoms with Crippen molar-refractivity contribution in [2.75, 3.05) is 0 Å². The smallest absolute Gasteiger partial charge is 0.326 e. The molecule has 0 spiro atoms. The lowest BCUT2D eigenvalue weighted by Crippen LogP contribution is -2.59. The Morgan fingerprint density at radius 1 is 0.895 bits per heavy atom. The second-order valence-corrected chi connectivity index (χ2v) is 8.91. The van der Waals surface area contributed by atoms with Crippen LogP contribution in [-0.4, -0.2) is 75.1 Å². The van der Waals surface area contributed by atoms with E-state index in [0.717, 1.165) is 0 Å². The Labute approximate surface area is 219 Å². The fraction of sp³-hybridized carbons (Fsp3) is 0.500. The molecule has 14 nitrogen and oxygen atoms in total. The SMILES string of the molecule is CCC(C)C(NC(=O)C(N)CCC(=O)O)C(=O)NC(Cc1ccc(O)cc1)C(=O)NC(CC(N)=O)C(=O)O. The molecule has 4 amide bonds. The highest BCUT2D eigenvalue weighted by Gasteiger charge is 2.33. The van der Waals surface area contributed by atoms with E-state index in [1.54, 1.807) is 13.8 Å². The molecule has 0 saturated carbocycles. The van der Waals surface area contributed by atoms with Gasteiger partial charge >= 0.3 is 11.9 Å². The van der Waals surface area contributed by atoms with E-state index in [-0.39, 0.29) is 25.0 Å². The molecule has 0 saturated heterocycles. The Morgan fingerprint density at radius 3 is 1.97 bits per heavy atom. The van der Waals surface area contributed by atoms with Crippen LogP contribution in [0.15, 0.2) is 24.3 Å². The lowest BCUT2D eigenvalue weighted by molar-refractivity contribution is -0.143. The maximum atomic E-state index is 13.3. The van der Waals surface area contributed by atoms with Crippen molar-refractivity contribution in [3.05, 3.63) is 29.8 Å². The molecule has 10 N–H and O–H groups in total. The Morgan fingerprint density at radius 2 is 1.47 bits per heavy atom. The highest BCUT2D eigenvalue weighted by Crippen LogP contribution is 2.13. The summed E-state index contributed by atoms with van der Waals surface area (Å²) < 4.78 is 0. The van der Waals surface area contributed by atoms with Crippen molar-refractivity contribution in [2.24, 2.45) is 17.4 Å². The number of carbonyl (C=O) groups is 6.